The van der Waals surface area contributed by atoms with Crippen LogP contribution in [0.25, 0.3) is 0 Å². The van der Waals surface area contributed by atoms with Crippen LogP contribution in [0.5, 0.6) is 0 Å². The Morgan fingerprint density at radius 3 is 2.55 bits per heavy atom. The lowest BCUT2D eigenvalue weighted by Gasteiger charge is -2.11. The number of methoxy groups -OCH3 is 1. The number of nitrogens with zero attached hydrogens (tertiary/aromatic N) is 3. The largest absolute Gasteiger partial charge is 0.467 e. The first-order valence-electron chi connectivity index (χ1n) is 5.83. The Labute approximate surface area is 115 Å². The number of carbonyl (C=O) groups is 2. The molecule has 20 heavy (non-hydrogen) atoms. The van der Waals surface area contributed by atoms with Crippen molar-refractivity contribution in [3.63, 3.8) is 0 Å². The van der Waals surface area contributed by atoms with E-state index in [0.717, 1.165) is 0 Å². The Kier molecular flexibility index (Phi) is 4.78. The molecule has 0 radical (unpaired) electrons. The standard InChI is InChI=1S/C11H16N4O5/c1-6-10(15(18)19)8(3)14(13-6)5-9(16)12-7(2)11(17)20-4/h7H,5H2,1-4H3,(H,12,16). The van der Waals surface area contributed by atoms with Gasteiger partial charge in [-0.15, -0.1) is 0 Å². The van der Waals surface area contributed by atoms with Crippen molar-refractivity contribution in [3.05, 3.63) is 21.5 Å². The maximum absolute atomic E-state index is 11.7. The number of nitrogens with one attached hydrogen (secondary N) is 1. The van der Waals surface area contributed by atoms with Gasteiger partial charge in [0.25, 0.3) is 0 Å². The number of ether oxygens (including phenoxy) is 1. The summed E-state index contributed by atoms with van der Waals surface area (Å²) in [5.74, 6) is -1.05. The number of rotatable bonds is 5. The smallest absolute Gasteiger partial charge is 0.328 e. The monoisotopic (exact) mass is 284 g/mol. The van der Waals surface area contributed by atoms with Gasteiger partial charge in [-0.3, -0.25) is 19.6 Å². The molecular formula is C11H16N4O5. The van der Waals surface area contributed by atoms with Crippen molar-refractivity contribution in [1.29, 1.82) is 0 Å². The highest BCUT2D eigenvalue weighted by atomic mass is 16.6. The fourth-order valence-electron chi connectivity index (χ4n) is 1.76. The molecular weight excluding hydrogens is 268 g/mol. The number of hydrogen-bond acceptors (Lipinski definition) is 6. The number of esters is 1. The zero-order valence-electron chi connectivity index (χ0n) is 11.7. The van der Waals surface area contributed by atoms with Gasteiger partial charge < -0.3 is 10.1 Å². The first-order valence-corrected chi connectivity index (χ1v) is 5.83. The van der Waals surface area contributed by atoms with E-state index < -0.39 is 22.8 Å². The first-order chi connectivity index (χ1) is 9.27. The van der Waals surface area contributed by atoms with E-state index in [2.05, 4.69) is 15.2 Å². The second-order valence-electron chi connectivity index (χ2n) is 4.25. The molecule has 0 bridgehead atoms. The minimum Gasteiger partial charge on any atom is -0.467 e. The van der Waals surface area contributed by atoms with Gasteiger partial charge in [0.15, 0.2) is 0 Å². The van der Waals surface area contributed by atoms with Gasteiger partial charge in [-0.05, 0) is 20.8 Å². The Balaban J connectivity index is 2.79. The van der Waals surface area contributed by atoms with E-state index in [1.165, 1.54) is 32.6 Å². The van der Waals surface area contributed by atoms with Crippen LogP contribution in [0.2, 0.25) is 0 Å². The van der Waals surface area contributed by atoms with Gasteiger partial charge in [-0.2, -0.15) is 5.10 Å². The summed E-state index contributed by atoms with van der Waals surface area (Å²) in [5.41, 5.74) is 0.411. The Hall–Kier alpha value is -2.45. The quantitative estimate of drug-likeness (QED) is 0.465. The maximum Gasteiger partial charge on any atom is 0.328 e. The third kappa shape index (κ3) is 3.31. The summed E-state index contributed by atoms with van der Waals surface area (Å²) in [6, 6.07) is -0.792. The van der Waals surface area contributed by atoms with Gasteiger partial charge in [-0.1, -0.05) is 0 Å². The Morgan fingerprint density at radius 2 is 2.10 bits per heavy atom. The molecule has 1 amide bonds. The number of carbonyl (C=O) groups excluding carboxylic acids is 2. The number of aryl methyl sites for hydroxylation is 1. The molecule has 1 rings (SSSR count). The molecule has 1 heterocycles. The van der Waals surface area contributed by atoms with Crippen molar-refractivity contribution >= 4 is 17.6 Å². The van der Waals surface area contributed by atoms with E-state index in [0.29, 0.717) is 0 Å². The van der Waals surface area contributed by atoms with Crippen molar-refractivity contribution in [2.75, 3.05) is 7.11 Å². The van der Waals surface area contributed by atoms with Crippen LogP contribution in [0.15, 0.2) is 0 Å². The second kappa shape index (κ2) is 6.13. The van der Waals surface area contributed by atoms with Gasteiger partial charge in [0.2, 0.25) is 5.91 Å². The molecule has 9 heteroatoms. The van der Waals surface area contributed by atoms with E-state index in [1.54, 1.807) is 0 Å². The second-order valence-corrected chi connectivity index (χ2v) is 4.25. The molecule has 1 aromatic heterocycles. The average Bonchev–Trinajstić information content (AvgIpc) is 2.62. The summed E-state index contributed by atoms with van der Waals surface area (Å²) in [5, 5.41) is 17.2. The number of nitro groups is 1. The predicted octanol–water partition coefficient (Wildman–Crippen LogP) is 0.0858. The summed E-state index contributed by atoms with van der Waals surface area (Å²) in [7, 11) is 1.22. The van der Waals surface area contributed by atoms with Gasteiger partial charge in [0.05, 0.1) is 12.0 Å². The van der Waals surface area contributed by atoms with Crippen LogP contribution in [0.1, 0.15) is 18.3 Å². The lowest BCUT2D eigenvalue weighted by Crippen LogP contribution is -2.41. The summed E-state index contributed by atoms with van der Waals surface area (Å²) in [6.45, 7) is 4.28. The van der Waals surface area contributed by atoms with Crippen molar-refractivity contribution in [2.24, 2.45) is 0 Å². The van der Waals surface area contributed by atoms with Crippen molar-refractivity contribution in [2.45, 2.75) is 33.4 Å². The van der Waals surface area contributed by atoms with Crippen LogP contribution in [-0.2, 0) is 20.9 Å². The number of amides is 1. The summed E-state index contributed by atoms with van der Waals surface area (Å²) < 4.78 is 5.71. The van der Waals surface area contributed by atoms with E-state index in [4.69, 9.17) is 0 Å². The summed E-state index contributed by atoms with van der Waals surface area (Å²) in [4.78, 5) is 33.2. The van der Waals surface area contributed by atoms with Gasteiger partial charge in [0.1, 0.15) is 24.0 Å². The lowest BCUT2D eigenvalue weighted by molar-refractivity contribution is -0.386. The topological polar surface area (TPSA) is 116 Å². The van der Waals surface area contributed by atoms with Gasteiger partial charge in [0, 0.05) is 0 Å². The Morgan fingerprint density at radius 1 is 1.50 bits per heavy atom. The van der Waals surface area contributed by atoms with Crippen LogP contribution in [-0.4, -0.2) is 39.7 Å². The molecule has 0 spiro atoms. The molecule has 1 unspecified atom stereocenters. The molecule has 0 saturated heterocycles. The molecule has 0 aliphatic heterocycles. The van der Waals surface area contributed by atoms with E-state index in [9.17, 15) is 19.7 Å². The third-order valence-corrected chi connectivity index (χ3v) is 2.75. The fourth-order valence-corrected chi connectivity index (χ4v) is 1.76. The molecule has 0 fully saturated rings. The van der Waals surface area contributed by atoms with Crippen LogP contribution in [0.3, 0.4) is 0 Å². The van der Waals surface area contributed by atoms with E-state index >= 15 is 0 Å². The highest BCUT2D eigenvalue weighted by molar-refractivity contribution is 5.84. The third-order valence-electron chi connectivity index (χ3n) is 2.75. The summed E-state index contributed by atoms with van der Waals surface area (Å²) >= 11 is 0. The van der Waals surface area contributed by atoms with Gasteiger partial charge in [-0.25, -0.2) is 4.79 Å². The van der Waals surface area contributed by atoms with Crippen LogP contribution in [0.4, 0.5) is 5.69 Å². The number of hydrogen-bond donors (Lipinski definition) is 1. The lowest BCUT2D eigenvalue weighted by atomic mass is 10.3. The molecule has 1 aromatic rings. The SMILES string of the molecule is COC(=O)C(C)NC(=O)Cn1nc(C)c([N+](=O)[O-])c1C. The molecule has 9 nitrogen and oxygen atoms in total. The van der Waals surface area contributed by atoms with E-state index in [1.807, 2.05) is 0 Å². The first kappa shape index (κ1) is 15.6. The van der Waals surface area contributed by atoms with Crippen LogP contribution >= 0.6 is 0 Å². The minimum atomic E-state index is -0.792. The van der Waals surface area contributed by atoms with Crippen molar-refractivity contribution in [1.82, 2.24) is 15.1 Å². The fraction of sp³-hybridized carbons (Fsp3) is 0.545. The number of aromatic nitrogens is 2. The minimum absolute atomic E-state index is 0.112. The zero-order valence-corrected chi connectivity index (χ0v) is 11.7. The normalized spacial score (nSPS) is 11.8. The predicted molar refractivity (Wildman–Crippen MR) is 68.0 cm³/mol. The molecule has 1 atom stereocenters. The molecule has 0 saturated carbocycles. The van der Waals surface area contributed by atoms with Crippen molar-refractivity contribution < 1.29 is 19.2 Å². The van der Waals surface area contributed by atoms with Gasteiger partial charge >= 0.3 is 11.7 Å². The highest BCUT2D eigenvalue weighted by Crippen LogP contribution is 2.21. The van der Waals surface area contributed by atoms with Crippen LogP contribution in [0, 0.1) is 24.0 Å². The highest BCUT2D eigenvalue weighted by Gasteiger charge is 2.23. The zero-order chi connectivity index (χ0) is 15.4. The molecule has 0 aliphatic rings. The average molecular weight is 284 g/mol. The molecule has 0 aromatic carbocycles. The molecule has 1 N–H and O–H groups in total. The Bertz CT molecular complexity index is 551. The van der Waals surface area contributed by atoms with E-state index in [-0.39, 0.29) is 23.6 Å². The summed E-state index contributed by atoms with van der Waals surface area (Å²) in [6.07, 6.45) is 0. The van der Waals surface area contributed by atoms with Crippen LogP contribution < -0.4 is 5.32 Å². The maximum atomic E-state index is 11.7. The molecule has 0 aliphatic carbocycles. The van der Waals surface area contributed by atoms with Crippen molar-refractivity contribution in [3.8, 4) is 0 Å². The molecule has 110 valence electrons.